The SMILES string of the molecule is COC(=O)[C@H]1CNCC[C@@H]1c1ccccc1OC. The van der Waals surface area contributed by atoms with Crippen molar-refractivity contribution in [2.24, 2.45) is 5.92 Å². The van der Waals surface area contributed by atoms with Crippen LogP contribution in [0.5, 0.6) is 5.75 Å². The molecule has 1 aliphatic rings. The Morgan fingerprint density at radius 2 is 2.11 bits per heavy atom. The largest absolute Gasteiger partial charge is 0.496 e. The van der Waals surface area contributed by atoms with Crippen LogP contribution in [0.1, 0.15) is 17.9 Å². The van der Waals surface area contributed by atoms with Gasteiger partial charge in [-0.05, 0) is 24.6 Å². The van der Waals surface area contributed by atoms with Crippen molar-refractivity contribution in [2.75, 3.05) is 27.3 Å². The number of carbonyl (C=O) groups is 1. The first-order valence-corrected chi connectivity index (χ1v) is 6.19. The lowest BCUT2D eigenvalue weighted by atomic mass is 9.81. The lowest BCUT2D eigenvalue weighted by Crippen LogP contribution is -2.40. The summed E-state index contributed by atoms with van der Waals surface area (Å²) in [7, 11) is 3.10. The van der Waals surface area contributed by atoms with E-state index in [4.69, 9.17) is 9.47 Å². The molecule has 0 saturated carbocycles. The van der Waals surface area contributed by atoms with Crippen molar-refractivity contribution < 1.29 is 14.3 Å². The number of rotatable bonds is 3. The average molecular weight is 249 g/mol. The third-order valence-corrected chi connectivity index (χ3v) is 3.52. The van der Waals surface area contributed by atoms with Crippen LogP contribution in [-0.4, -0.2) is 33.3 Å². The molecule has 0 aromatic heterocycles. The Morgan fingerprint density at radius 3 is 2.83 bits per heavy atom. The van der Waals surface area contributed by atoms with Gasteiger partial charge in [0.1, 0.15) is 5.75 Å². The first kappa shape index (κ1) is 12.9. The number of nitrogens with one attached hydrogen (secondary N) is 1. The summed E-state index contributed by atoms with van der Waals surface area (Å²) in [6.45, 7) is 1.57. The van der Waals surface area contributed by atoms with E-state index in [0.29, 0.717) is 6.54 Å². The van der Waals surface area contributed by atoms with Gasteiger partial charge >= 0.3 is 5.97 Å². The van der Waals surface area contributed by atoms with E-state index in [9.17, 15) is 4.79 Å². The van der Waals surface area contributed by atoms with Crippen molar-refractivity contribution in [3.8, 4) is 5.75 Å². The van der Waals surface area contributed by atoms with Crippen LogP contribution in [0.3, 0.4) is 0 Å². The minimum atomic E-state index is -0.155. The van der Waals surface area contributed by atoms with Crippen molar-refractivity contribution >= 4 is 5.97 Å². The standard InChI is InChI=1S/C14H19NO3/c1-17-13-6-4-3-5-11(13)10-7-8-15-9-12(10)14(16)18-2/h3-6,10,12,15H,7-9H2,1-2H3/t10-,12+/m1/s1. The van der Waals surface area contributed by atoms with Gasteiger partial charge in [0, 0.05) is 12.5 Å². The molecule has 0 radical (unpaired) electrons. The Labute approximate surface area is 107 Å². The van der Waals surface area contributed by atoms with Gasteiger partial charge in [0.25, 0.3) is 0 Å². The maximum atomic E-state index is 11.8. The number of esters is 1. The highest BCUT2D eigenvalue weighted by Gasteiger charge is 2.34. The van der Waals surface area contributed by atoms with Gasteiger partial charge in [0.15, 0.2) is 0 Å². The zero-order valence-corrected chi connectivity index (χ0v) is 10.8. The summed E-state index contributed by atoms with van der Waals surface area (Å²) >= 11 is 0. The van der Waals surface area contributed by atoms with Gasteiger partial charge < -0.3 is 14.8 Å². The molecule has 1 saturated heterocycles. The average Bonchev–Trinajstić information content (AvgIpc) is 2.46. The monoisotopic (exact) mass is 249 g/mol. The number of hydrogen-bond donors (Lipinski definition) is 1. The maximum Gasteiger partial charge on any atom is 0.310 e. The zero-order chi connectivity index (χ0) is 13.0. The molecule has 0 bridgehead atoms. The number of para-hydroxylation sites is 1. The predicted octanol–water partition coefficient (Wildman–Crippen LogP) is 1.56. The first-order valence-electron chi connectivity index (χ1n) is 6.19. The number of carbonyl (C=O) groups excluding carboxylic acids is 1. The van der Waals surface area contributed by atoms with Gasteiger partial charge in [0.2, 0.25) is 0 Å². The molecule has 1 aliphatic heterocycles. The molecular weight excluding hydrogens is 230 g/mol. The van der Waals surface area contributed by atoms with E-state index in [1.165, 1.54) is 7.11 Å². The minimum absolute atomic E-state index is 0.139. The van der Waals surface area contributed by atoms with E-state index in [-0.39, 0.29) is 17.8 Å². The van der Waals surface area contributed by atoms with Crippen LogP contribution in [0.4, 0.5) is 0 Å². The Balaban J connectivity index is 2.30. The summed E-state index contributed by atoms with van der Waals surface area (Å²) in [5, 5.41) is 3.25. The van der Waals surface area contributed by atoms with Crippen LogP contribution in [0.25, 0.3) is 0 Å². The second-order valence-corrected chi connectivity index (χ2v) is 4.47. The molecule has 18 heavy (non-hydrogen) atoms. The first-order chi connectivity index (χ1) is 8.77. The van der Waals surface area contributed by atoms with Gasteiger partial charge in [-0.3, -0.25) is 4.79 Å². The van der Waals surface area contributed by atoms with E-state index >= 15 is 0 Å². The van der Waals surface area contributed by atoms with E-state index in [1.807, 2.05) is 24.3 Å². The van der Waals surface area contributed by atoms with E-state index < -0.39 is 0 Å². The van der Waals surface area contributed by atoms with Crippen molar-refractivity contribution in [3.63, 3.8) is 0 Å². The molecule has 2 atom stereocenters. The van der Waals surface area contributed by atoms with Gasteiger partial charge in [0.05, 0.1) is 20.1 Å². The van der Waals surface area contributed by atoms with Crippen LogP contribution in [0, 0.1) is 5.92 Å². The van der Waals surface area contributed by atoms with Crippen molar-refractivity contribution in [1.82, 2.24) is 5.32 Å². The number of piperidine rings is 1. The van der Waals surface area contributed by atoms with Gasteiger partial charge in [-0.15, -0.1) is 0 Å². The Morgan fingerprint density at radius 1 is 1.33 bits per heavy atom. The van der Waals surface area contributed by atoms with Crippen LogP contribution in [0.2, 0.25) is 0 Å². The molecule has 98 valence electrons. The van der Waals surface area contributed by atoms with E-state index in [0.717, 1.165) is 24.3 Å². The summed E-state index contributed by atoms with van der Waals surface area (Å²) in [5.41, 5.74) is 1.09. The van der Waals surface area contributed by atoms with Crippen LogP contribution in [0.15, 0.2) is 24.3 Å². The van der Waals surface area contributed by atoms with Crippen LogP contribution >= 0.6 is 0 Å². The highest BCUT2D eigenvalue weighted by Crippen LogP contribution is 2.36. The minimum Gasteiger partial charge on any atom is -0.496 e. The fourth-order valence-corrected chi connectivity index (χ4v) is 2.60. The summed E-state index contributed by atoms with van der Waals surface area (Å²) in [5.74, 6) is 0.714. The topological polar surface area (TPSA) is 47.6 Å². The fraction of sp³-hybridized carbons (Fsp3) is 0.500. The van der Waals surface area contributed by atoms with E-state index in [2.05, 4.69) is 5.32 Å². The molecule has 1 N–H and O–H groups in total. The number of methoxy groups -OCH3 is 2. The summed E-state index contributed by atoms with van der Waals surface area (Å²) in [4.78, 5) is 11.8. The summed E-state index contributed by atoms with van der Waals surface area (Å²) < 4.78 is 10.3. The molecule has 0 amide bonds. The van der Waals surface area contributed by atoms with Crippen LogP contribution < -0.4 is 10.1 Å². The Kier molecular flexibility index (Phi) is 4.20. The van der Waals surface area contributed by atoms with E-state index in [1.54, 1.807) is 7.11 Å². The molecule has 1 fully saturated rings. The molecule has 1 aromatic rings. The fourth-order valence-electron chi connectivity index (χ4n) is 2.60. The molecule has 0 unspecified atom stereocenters. The quantitative estimate of drug-likeness (QED) is 0.826. The number of hydrogen-bond acceptors (Lipinski definition) is 4. The third kappa shape index (κ3) is 2.48. The number of benzene rings is 1. The molecule has 4 heteroatoms. The predicted molar refractivity (Wildman–Crippen MR) is 68.7 cm³/mol. The lowest BCUT2D eigenvalue weighted by molar-refractivity contribution is -0.146. The normalized spacial score (nSPS) is 23.4. The van der Waals surface area contributed by atoms with Crippen molar-refractivity contribution in [2.45, 2.75) is 12.3 Å². The van der Waals surface area contributed by atoms with Gasteiger partial charge in [-0.25, -0.2) is 0 Å². The smallest absolute Gasteiger partial charge is 0.310 e. The maximum absolute atomic E-state index is 11.8. The highest BCUT2D eigenvalue weighted by atomic mass is 16.5. The Hall–Kier alpha value is -1.55. The second kappa shape index (κ2) is 5.87. The van der Waals surface area contributed by atoms with Gasteiger partial charge in [-0.2, -0.15) is 0 Å². The molecule has 1 heterocycles. The Bertz CT molecular complexity index is 419. The summed E-state index contributed by atoms with van der Waals surface area (Å²) in [6.07, 6.45) is 0.917. The molecule has 0 aliphatic carbocycles. The number of ether oxygens (including phenoxy) is 2. The van der Waals surface area contributed by atoms with Crippen molar-refractivity contribution in [1.29, 1.82) is 0 Å². The third-order valence-electron chi connectivity index (χ3n) is 3.52. The molecule has 0 spiro atoms. The molecule has 2 rings (SSSR count). The molecule has 4 nitrogen and oxygen atoms in total. The molecule has 1 aromatic carbocycles. The zero-order valence-electron chi connectivity index (χ0n) is 10.8. The van der Waals surface area contributed by atoms with Crippen LogP contribution in [-0.2, 0) is 9.53 Å². The lowest BCUT2D eigenvalue weighted by Gasteiger charge is -2.31. The van der Waals surface area contributed by atoms with Gasteiger partial charge in [-0.1, -0.05) is 18.2 Å². The van der Waals surface area contributed by atoms with Crippen molar-refractivity contribution in [3.05, 3.63) is 29.8 Å². The summed E-state index contributed by atoms with van der Waals surface area (Å²) in [6, 6.07) is 7.89. The second-order valence-electron chi connectivity index (χ2n) is 4.47. The highest BCUT2D eigenvalue weighted by molar-refractivity contribution is 5.74. The molecular formula is C14H19NO3.